The van der Waals surface area contributed by atoms with E-state index in [0.717, 1.165) is 6.07 Å². The quantitative estimate of drug-likeness (QED) is 0.463. The number of hydrogen-bond acceptors (Lipinski definition) is 6. The van der Waals surface area contributed by atoms with Gasteiger partial charge in [-0.2, -0.15) is 25.3 Å². The molecule has 27 heavy (non-hydrogen) atoms. The van der Waals surface area contributed by atoms with E-state index < -0.39 is 50.6 Å². The van der Waals surface area contributed by atoms with E-state index in [1.54, 1.807) is 0 Å². The first kappa shape index (κ1) is 26.4. The molecule has 140 valence electrons. The number of fused-ring (bicyclic) bond motifs is 1. The number of rotatable bonds is 4. The van der Waals surface area contributed by atoms with Crippen LogP contribution in [0.15, 0.2) is 45.5 Å². The maximum atomic E-state index is 11.8. The molecule has 0 atom stereocenters. The van der Waals surface area contributed by atoms with Gasteiger partial charge in [-0.3, -0.25) is 13.7 Å². The minimum atomic E-state index is -5.50. The van der Waals surface area contributed by atoms with Crippen LogP contribution in [-0.4, -0.2) is 76.6 Å². The van der Waals surface area contributed by atoms with Crippen LogP contribution in [0.4, 0.5) is 0 Å². The summed E-state index contributed by atoms with van der Waals surface area (Å²) in [6, 6.07) is 5.05. The first-order valence-electron chi connectivity index (χ1n) is 6.34. The molecule has 14 heteroatoms. The van der Waals surface area contributed by atoms with Gasteiger partial charge in [-0.1, -0.05) is 30.8 Å². The van der Waals surface area contributed by atoms with Gasteiger partial charge in [0.15, 0.2) is 0 Å². The monoisotopic (exact) mass is 424 g/mol. The molecule has 0 saturated heterocycles. The van der Waals surface area contributed by atoms with Crippen molar-refractivity contribution < 1.29 is 38.9 Å². The predicted octanol–water partition coefficient (Wildman–Crippen LogP) is 0.316. The molecule has 2 aromatic rings. The zero-order chi connectivity index (χ0) is 19.4. The van der Waals surface area contributed by atoms with Crippen molar-refractivity contribution >= 4 is 84.4 Å². The van der Waals surface area contributed by atoms with Gasteiger partial charge >= 0.3 is 37.7 Å². The third-order valence-electron chi connectivity index (χ3n) is 3.28. The van der Waals surface area contributed by atoms with Gasteiger partial charge in [0.2, 0.25) is 0 Å². The van der Waals surface area contributed by atoms with E-state index in [9.17, 15) is 38.9 Å². The van der Waals surface area contributed by atoms with E-state index >= 15 is 0 Å². The van der Waals surface area contributed by atoms with E-state index in [2.05, 4.69) is 6.58 Å². The Kier molecular flexibility index (Phi) is 8.19. The molecule has 0 heterocycles. The van der Waals surface area contributed by atoms with Gasteiger partial charge in [0, 0.05) is 10.9 Å². The van der Waals surface area contributed by atoms with Crippen molar-refractivity contribution in [2.45, 2.75) is 21.6 Å². The Bertz CT molecular complexity index is 1230. The molecule has 9 nitrogen and oxygen atoms in total. The van der Waals surface area contributed by atoms with Gasteiger partial charge < -0.3 is 0 Å². The van der Waals surface area contributed by atoms with E-state index in [0.29, 0.717) is 0 Å². The summed E-state index contributed by atoms with van der Waals surface area (Å²) in [5.41, 5.74) is -0.436. The molecule has 2 rings (SSSR count). The molecule has 0 saturated carbocycles. The molecule has 3 N–H and O–H groups in total. The van der Waals surface area contributed by atoms with Crippen LogP contribution in [0.3, 0.4) is 0 Å². The van der Waals surface area contributed by atoms with Gasteiger partial charge in [-0.25, -0.2) is 0 Å². The standard InChI is InChI=1S/C13H12O9S3.2Li.2H/c1-7(2)10-8-5-3-4-6-9(8)11(23(14,15)16)13(25(20,21)22)12(10)24(17,18)19;;;;/h3-6H,1H2,2H3,(H,14,15,16)(H,17,18,19)(H,20,21,22);;;;. The zero-order valence-corrected chi connectivity index (χ0v) is 15.0. The summed E-state index contributed by atoms with van der Waals surface area (Å²) in [7, 11) is -16.2. The van der Waals surface area contributed by atoms with Crippen LogP contribution in [0.1, 0.15) is 12.5 Å². The van der Waals surface area contributed by atoms with Crippen molar-refractivity contribution in [3.05, 3.63) is 36.4 Å². The fraction of sp³-hybridized carbons (Fsp3) is 0.0769. The third kappa shape index (κ3) is 5.05. The van der Waals surface area contributed by atoms with Crippen molar-refractivity contribution in [2.24, 2.45) is 0 Å². The summed E-state index contributed by atoms with van der Waals surface area (Å²) in [5.74, 6) is 0. The summed E-state index contributed by atoms with van der Waals surface area (Å²) in [5, 5.41) is -0.481. The Morgan fingerprint density at radius 3 is 1.44 bits per heavy atom. The second-order valence-electron chi connectivity index (χ2n) is 5.11. The van der Waals surface area contributed by atoms with Crippen molar-refractivity contribution in [2.75, 3.05) is 0 Å². The Morgan fingerprint density at radius 2 is 1.11 bits per heavy atom. The molecular formula is C13H14Li2O9S3. The Balaban J connectivity index is 0.00000338. The molecule has 0 unspecified atom stereocenters. The topological polar surface area (TPSA) is 163 Å². The molecular weight excluding hydrogens is 410 g/mol. The van der Waals surface area contributed by atoms with Crippen LogP contribution in [0.5, 0.6) is 0 Å². The second kappa shape index (κ2) is 8.39. The fourth-order valence-electron chi connectivity index (χ4n) is 2.52. The van der Waals surface area contributed by atoms with Crippen LogP contribution in [0.2, 0.25) is 0 Å². The Morgan fingerprint density at radius 1 is 0.741 bits per heavy atom. The number of benzene rings is 2. The van der Waals surface area contributed by atoms with Crippen LogP contribution in [0, 0.1) is 0 Å². The molecule has 0 radical (unpaired) electrons. The molecule has 0 bridgehead atoms. The van der Waals surface area contributed by atoms with Crippen LogP contribution in [0.25, 0.3) is 16.3 Å². The first-order chi connectivity index (χ1) is 11.2. The number of hydrogen-bond donors (Lipinski definition) is 3. The maximum absolute atomic E-state index is 11.8. The molecule has 0 fully saturated rings. The van der Waals surface area contributed by atoms with E-state index in [4.69, 9.17) is 0 Å². The van der Waals surface area contributed by atoms with E-state index in [1.165, 1.54) is 25.1 Å². The first-order valence-corrected chi connectivity index (χ1v) is 10.7. The van der Waals surface area contributed by atoms with Gasteiger partial charge in [0.05, 0.1) is 0 Å². The molecule has 0 aromatic heterocycles. The molecule has 0 spiro atoms. The third-order valence-corrected chi connectivity index (χ3v) is 6.33. The van der Waals surface area contributed by atoms with Gasteiger partial charge in [-0.15, -0.1) is 0 Å². The summed E-state index contributed by atoms with van der Waals surface area (Å²) in [6.45, 7) is 4.79. The van der Waals surface area contributed by atoms with E-state index in [-0.39, 0.29) is 54.1 Å². The summed E-state index contributed by atoms with van der Waals surface area (Å²) < 4.78 is 99.0. The normalized spacial score (nSPS) is 12.1. The Hall–Kier alpha value is -0.635. The van der Waals surface area contributed by atoms with E-state index in [1.807, 2.05) is 0 Å². The van der Waals surface area contributed by atoms with Crippen LogP contribution < -0.4 is 0 Å². The Labute approximate surface area is 180 Å². The van der Waals surface area contributed by atoms with Crippen molar-refractivity contribution in [1.82, 2.24) is 0 Å². The van der Waals surface area contributed by atoms with Gasteiger partial charge in [0.25, 0.3) is 30.4 Å². The molecule has 2 aromatic carbocycles. The number of allylic oxidation sites excluding steroid dienone is 1. The summed E-state index contributed by atoms with van der Waals surface area (Å²) >= 11 is 0. The van der Waals surface area contributed by atoms with Crippen molar-refractivity contribution in [1.29, 1.82) is 0 Å². The molecule has 0 aliphatic carbocycles. The van der Waals surface area contributed by atoms with Crippen LogP contribution in [-0.2, 0) is 30.4 Å². The molecule has 0 aliphatic heterocycles. The van der Waals surface area contributed by atoms with Crippen molar-refractivity contribution in [3.63, 3.8) is 0 Å². The van der Waals surface area contributed by atoms with Gasteiger partial charge in [0.1, 0.15) is 14.7 Å². The summed E-state index contributed by atoms with van der Waals surface area (Å²) in [6.07, 6.45) is 0. The van der Waals surface area contributed by atoms with Crippen molar-refractivity contribution in [3.8, 4) is 0 Å². The van der Waals surface area contributed by atoms with Crippen LogP contribution >= 0.6 is 0 Å². The molecule has 0 aliphatic rings. The van der Waals surface area contributed by atoms with Gasteiger partial charge in [-0.05, 0) is 17.9 Å². The zero-order valence-electron chi connectivity index (χ0n) is 12.5. The fourth-order valence-corrected chi connectivity index (χ4v) is 6.20. The average Bonchev–Trinajstić information content (AvgIpc) is 2.41. The minimum absolute atomic E-state index is 0. The molecule has 0 amide bonds. The predicted molar refractivity (Wildman–Crippen MR) is 102 cm³/mol. The summed E-state index contributed by atoms with van der Waals surface area (Å²) in [4.78, 5) is -4.38. The average molecular weight is 424 g/mol. The second-order valence-corrected chi connectivity index (χ2v) is 9.19. The SMILES string of the molecule is C=C(C)c1c(S(=O)(=O)O)c(S(=O)(=O)O)c(S(=O)(=O)O)c2ccccc12.[LiH].[LiH].